The lowest BCUT2D eigenvalue weighted by molar-refractivity contribution is -0.132. The molecule has 7 nitrogen and oxygen atoms in total. The van der Waals surface area contributed by atoms with Crippen LogP contribution in [0.3, 0.4) is 0 Å². The van der Waals surface area contributed by atoms with Crippen LogP contribution in [0.15, 0.2) is 49.1 Å². The van der Waals surface area contributed by atoms with E-state index < -0.39 is 23.3 Å². The Kier molecular flexibility index (Phi) is 7.01. The molecule has 0 saturated carbocycles. The van der Waals surface area contributed by atoms with Crippen molar-refractivity contribution in [3.8, 4) is 23.0 Å². The van der Waals surface area contributed by atoms with Gasteiger partial charge in [-0.15, -0.1) is 0 Å². The third-order valence-electron chi connectivity index (χ3n) is 5.07. The average Bonchev–Trinajstić information content (AvgIpc) is 2.76. The minimum Gasteiger partial charge on any atom is -0.496 e. The first-order valence-electron chi connectivity index (χ1n) is 10.4. The monoisotopic (exact) mass is 450 g/mol. The molecule has 0 unspecified atom stereocenters. The van der Waals surface area contributed by atoms with E-state index in [1.54, 1.807) is 36.4 Å². The summed E-state index contributed by atoms with van der Waals surface area (Å²) >= 11 is 0. The summed E-state index contributed by atoms with van der Waals surface area (Å²) in [5.74, 6) is -0.241. The van der Waals surface area contributed by atoms with E-state index >= 15 is 0 Å². The zero-order chi connectivity index (χ0) is 24.2. The van der Waals surface area contributed by atoms with Crippen molar-refractivity contribution in [2.75, 3.05) is 7.11 Å². The van der Waals surface area contributed by atoms with Gasteiger partial charge in [-0.3, -0.25) is 9.59 Å². The standard InChI is InChI=1S/C26H26O7/c1-6-23(29)32-25-19-13-14-26(3,4)33-21(19)15-22(30-5)24(25)20(28)12-9-17-7-10-18(11-8-17)31-16(2)27/h6-12,15H,1,13-14H2,2-5H3/b12-9+. The summed E-state index contributed by atoms with van der Waals surface area (Å²) in [6, 6.07) is 8.32. The first-order chi connectivity index (χ1) is 15.6. The van der Waals surface area contributed by atoms with E-state index in [2.05, 4.69) is 6.58 Å². The van der Waals surface area contributed by atoms with Crippen LogP contribution in [0.2, 0.25) is 0 Å². The fourth-order valence-electron chi connectivity index (χ4n) is 3.47. The minimum atomic E-state index is -0.686. The van der Waals surface area contributed by atoms with Crippen molar-refractivity contribution in [1.29, 1.82) is 0 Å². The van der Waals surface area contributed by atoms with E-state index in [9.17, 15) is 14.4 Å². The molecule has 33 heavy (non-hydrogen) atoms. The fourth-order valence-corrected chi connectivity index (χ4v) is 3.47. The van der Waals surface area contributed by atoms with Crippen LogP contribution in [-0.4, -0.2) is 30.4 Å². The van der Waals surface area contributed by atoms with Gasteiger partial charge in [0.15, 0.2) is 11.5 Å². The third kappa shape index (κ3) is 5.68. The SMILES string of the molecule is C=CC(=O)Oc1c2c(cc(OC)c1C(=O)/C=C/c1ccc(OC(C)=O)cc1)OC(C)(C)CC2. The van der Waals surface area contributed by atoms with E-state index in [-0.39, 0.29) is 17.1 Å². The van der Waals surface area contributed by atoms with Gasteiger partial charge in [-0.2, -0.15) is 0 Å². The number of carbonyl (C=O) groups excluding carboxylic acids is 3. The number of ether oxygens (including phenoxy) is 4. The van der Waals surface area contributed by atoms with E-state index in [0.29, 0.717) is 35.5 Å². The van der Waals surface area contributed by atoms with Crippen molar-refractivity contribution in [2.24, 2.45) is 0 Å². The Morgan fingerprint density at radius 3 is 2.42 bits per heavy atom. The van der Waals surface area contributed by atoms with Crippen molar-refractivity contribution >= 4 is 23.8 Å². The van der Waals surface area contributed by atoms with Crippen molar-refractivity contribution in [3.63, 3.8) is 0 Å². The molecule has 0 fully saturated rings. The van der Waals surface area contributed by atoms with Crippen LogP contribution in [0.4, 0.5) is 0 Å². The molecule has 172 valence electrons. The van der Waals surface area contributed by atoms with Gasteiger partial charge >= 0.3 is 11.9 Å². The molecule has 2 aromatic carbocycles. The number of carbonyl (C=O) groups is 3. The smallest absolute Gasteiger partial charge is 0.335 e. The maximum Gasteiger partial charge on any atom is 0.335 e. The molecule has 0 radical (unpaired) electrons. The molecule has 0 aromatic heterocycles. The third-order valence-corrected chi connectivity index (χ3v) is 5.07. The highest BCUT2D eigenvalue weighted by Gasteiger charge is 2.33. The number of hydrogen-bond acceptors (Lipinski definition) is 7. The molecule has 0 atom stereocenters. The normalized spacial score (nSPS) is 14.1. The van der Waals surface area contributed by atoms with Gasteiger partial charge in [0, 0.05) is 24.6 Å². The number of esters is 2. The van der Waals surface area contributed by atoms with Crippen molar-refractivity contribution < 1.29 is 33.3 Å². The Balaban J connectivity index is 2.00. The van der Waals surface area contributed by atoms with Gasteiger partial charge in [0.05, 0.1) is 7.11 Å². The second-order valence-corrected chi connectivity index (χ2v) is 8.11. The molecule has 0 saturated heterocycles. The molecule has 1 aliphatic heterocycles. The largest absolute Gasteiger partial charge is 0.496 e. The predicted octanol–water partition coefficient (Wildman–Crippen LogP) is 4.71. The molecule has 0 N–H and O–H groups in total. The number of allylic oxidation sites excluding steroid dienone is 1. The molecular formula is C26H26O7. The zero-order valence-electron chi connectivity index (χ0n) is 19.1. The number of methoxy groups -OCH3 is 1. The molecular weight excluding hydrogens is 424 g/mol. The summed E-state index contributed by atoms with van der Waals surface area (Å²) in [5.41, 5.74) is 1.07. The lowest BCUT2D eigenvalue weighted by Crippen LogP contribution is -2.33. The van der Waals surface area contributed by atoms with Crippen LogP contribution in [-0.2, 0) is 16.0 Å². The Labute approximate surface area is 192 Å². The predicted molar refractivity (Wildman–Crippen MR) is 123 cm³/mol. The average molecular weight is 450 g/mol. The summed E-state index contributed by atoms with van der Waals surface area (Å²) in [4.78, 5) is 36.3. The Hall–Kier alpha value is -3.87. The molecule has 3 rings (SSSR count). The zero-order valence-corrected chi connectivity index (χ0v) is 19.1. The molecule has 0 amide bonds. The van der Waals surface area contributed by atoms with Gasteiger partial charge < -0.3 is 18.9 Å². The van der Waals surface area contributed by atoms with Crippen LogP contribution < -0.4 is 18.9 Å². The number of rotatable bonds is 7. The lowest BCUT2D eigenvalue weighted by atomic mass is 9.91. The first kappa shape index (κ1) is 23.8. The fraction of sp³-hybridized carbons (Fsp3) is 0.269. The Bertz CT molecular complexity index is 1120. The quantitative estimate of drug-likeness (QED) is 0.261. The highest BCUT2D eigenvalue weighted by molar-refractivity contribution is 6.11. The number of benzene rings is 2. The molecule has 0 spiro atoms. The summed E-state index contributed by atoms with van der Waals surface area (Å²) in [6.45, 7) is 8.69. The molecule has 2 aromatic rings. The summed E-state index contributed by atoms with van der Waals surface area (Å²) in [6.07, 6.45) is 5.26. The van der Waals surface area contributed by atoms with E-state index in [1.807, 2.05) is 13.8 Å². The van der Waals surface area contributed by atoms with Crippen LogP contribution in [0, 0.1) is 0 Å². The van der Waals surface area contributed by atoms with Crippen LogP contribution in [0.5, 0.6) is 23.0 Å². The molecule has 1 aliphatic rings. The highest BCUT2D eigenvalue weighted by atomic mass is 16.5. The van der Waals surface area contributed by atoms with E-state index in [1.165, 1.54) is 20.1 Å². The van der Waals surface area contributed by atoms with Gasteiger partial charge in [0.1, 0.15) is 28.4 Å². The number of fused-ring (bicyclic) bond motifs is 1. The van der Waals surface area contributed by atoms with Gasteiger partial charge in [-0.1, -0.05) is 24.8 Å². The van der Waals surface area contributed by atoms with Crippen LogP contribution in [0.1, 0.15) is 48.7 Å². The van der Waals surface area contributed by atoms with Gasteiger partial charge in [-0.05, 0) is 50.5 Å². The maximum atomic E-state index is 13.2. The summed E-state index contributed by atoms with van der Waals surface area (Å²) in [7, 11) is 1.43. The second kappa shape index (κ2) is 9.73. The topological polar surface area (TPSA) is 88.1 Å². The van der Waals surface area contributed by atoms with Crippen molar-refractivity contribution in [2.45, 2.75) is 39.2 Å². The van der Waals surface area contributed by atoms with E-state index in [0.717, 1.165) is 6.08 Å². The Morgan fingerprint density at radius 1 is 1.12 bits per heavy atom. The number of ketones is 1. The first-order valence-corrected chi connectivity index (χ1v) is 10.4. The van der Waals surface area contributed by atoms with Crippen LogP contribution in [0.25, 0.3) is 6.08 Å². The second-order valence-electron chi connectivity index (χ2n) is 8.11. The van der Waals surface area contributed by atoms with E-state index in [4.69, 9.17) is 18.9 Å². The van der Waals surface area contributed by atoms with Crippen molar-refractivity contribution in [1.82, 2.24) is 0 Å². The molecule has 1 heterocycles. The summed E-state index contributed by atoms with van der Waals surface area (Å²) in [5, 5.41) is 0. The van der Waals surface area contributed by atoms with Crippen LogP contribution >= 0.6 is 0 Å². The highest BCUT2D eigenvalue weighted by Crippen LogP contribution is 2.45. The van der Waals surface area contributed by atoms with Gasteiger partial charge in [-0.25, -0.2) is 4.79 Å². The summed E-state index contributed by atoms with van der Waals surface area (Å²) < 4.78 is 22.0. The lowest BCUT2D eigenvalue weighted by Gasteiger charge is -2.34. The minimum absolute atomic E-state index is 0.115. The Morgan fingerprint density at radius 2 is 1.82 bits per heavy atom. The van der Waals surface area contributed by atoms with Crippen molar-refractivity contribution in [3.05, 3.63) is 65.8 Å². The van der Waals surface area contributed by atoms with Gasteiger partial charge in [0.2, 0.25) is 0 Å². The molecule has 0 aliphatic carbocycles. The maximum absolute atomic E-state index is 13.2. The van der Waals surface area contributed by atoms with Gasteiger partial charge in [0.25, 0.3) is 0 Å². The molecule has 0 bridgehead atoms. The number of hydrogen-bond donors (Lipinski definition) is 0. The molecule has 7 heteroatoms.